The molecule has 0 spiro atoms. The van der Waals surface area contributed by atoms with Crippen LogP contribution in [0, 0.1) is 0 Å². The zero-order chi connectivity index (χ0) is 19.7. The fourth-order valence-electron chi connectivity index (χ4n) is 2.81. The lowest BCUT2D eigenvalue weighted by molar-refractivity contribution is -0.134. The van der Waals surface area contributed by atoms with Crippen LogP contribution in [0.15, 0.2) is 85.2 Å². The topological polar surface area (TPSA) is 35.5 Å². The molecule has 27 heavy (non-hydrogen) atoms. The van der Waals surface area contributed by atoms with Crippen LogP contribution in [0.3, 0.4) is 0 Å². The molecular formula is C23H28O3Si. The van der Waals surface area contributed by atoms with E-state index >= 15 is 0 Å². The van der Waals surface area contributed by atoms with E-state index in [0.717, 1.165) is 11.1 Å². The molecule has 0 saturated carbocycles. The van der Waals surface area contributed by atoms with E-state index in [9.17, 15) is 4.79 Å². The van der Waals surface area contributed by atoms with E-state index in [1.807, 2.05) is 48.7 Å². The van der Waals surface area contributed by atoms with Gasteiger partial charge in [-0.3, -0.25) is 0 Å². The van der Waals surface area contributed by atoms with E-state index in [1.165, 1.54) is 13.2 Å². The fraction of sp³-hybridized carbons (Fsp3) is 0.261. The van der Waals surface area contributed by atoms with Crippen LogP contribution in [0.5, 0.6) is 0 Å². The largest absolute Gasteiger partial charge is 0.550 e. The van der Waals surface area contributed by atoms with Crippen molar-refractivity contribution in [2.75, 3.05) is 7.11 Å². The highest BCUT2D eigenvalue weighted by Gasteiger charge is 2.22. The van der Waals surface area contributed by atoms with Crippen molar-refractivity contribution in [1.29, 1.82) is 0 Å². The number of methoxy groups -OCH3 is 1. The van der Waals surface area contributed by atoms with Crippen molar-refractivity contribution < 1.29 is 14.0 Å². The Bertz CT molecular complexity index is 761. The molecule has 0 bridgehead atoms. The van der Waals surface area contributed by atoms with Gasteiger partial charge < -0.3 is 9.16 Å². The van der Waals surface area contributed by atoms with E-state index in [0.29, 0.717) is 0 Å². The zero-order valence-electron chi connectivity index (χ0n) is 16.5. The third kappa shape index (κ3) is 6.91. The Balaban J connectivity index is 2.45. The summed E-state index contributed by atoms with van der Waals surface area (Å²) >= 11 is 0. The number of benzene rings is 2. The molecular weight excluding hydrogens is 352 g/mol. The minimum atomic E-state index is -1.66. The summed E-state index contributed by atoms with van der Waals surface area (Å²) in [4.78, 5) is 11.7. The highest BCUT2D eigenvalue weighted by Crippen LogP contribution is 2.35. The highest BCUT2D eigenvalue weighted by molar-refractivity contribution is 6.69. The van der Waals surface area contributed by atoms with Crippen LogP contribution >= 0.6 is 0 Å². The van der Waals surface area contributed by atoms with Crippen LogP contribution in [-0.4, -0.2) is 21.4 Å². The number of allylic oxidation sites excluding steroid dienone is 2. The molecule has 2 aromatic rings. The molecule has 0 heterocycles. The zero-order valence-corrected chi connectivity index (χ0v) is 17.5. The maximum absolute atomic E-state index is 11.7. The van der Waals surface area contributed by atoms with Gasteiger partial charge in [0.1, 0.15) is 0 Å². The summed E-state index contributed by atoms with van der Waals surface area (Å²) < 4.78 is 10.7. The summed E-state index contributed by atoms with van der Waals surface area (Å²) in [6.07, 6.45) is 7.33. The minimum absolute atomic E-state index is 0.0193. The second kappa shape index (κ2) is 9.93. The normalized spacial score (nSPS) is 14.2. The van der Waals surface area contributed by atoms with Gasteiger partial charge in [-0.05, 0) is 36.8 Å². The summed E-state index contributed by atoms with van der Waals surface area (Å²) in [6.45, 7) is 6.46. The molecule has 0 saturated heterocycles. The van der Waals surface area contributed by atoms with Crippen LogP contribution in [0.2, 0.25) is 19.6 Å². The summed E-state index contributed by atoms with van der Waals surface area (Å²) in [5, 5.41) is 0. The van der Waals surface area contributed by atoms with Crippen LogP contribution in [-0.2, 0) is 14.0 Å². The first-order valence-corrected chi connectivity index (χ1v) is 12.5. The number of carbonyl (C=O) groups excluding carboxylic acids is 1. The molecule has 2 rings (SSSR count). The Morgan fingerprint density at radius 3 is 1.78 bits per heavy atom. The monoisotopic (exact) mass is 380 g/mol. The summed E-state index contributed by atoms with van der Waals surface area (Å²) in [5.74, 6) is -0.342. The minimum Gasteiger partial charge on any atom is -0.550 e. The predicted octanol–water partition coefficient (Wildman–Crippen LogP) is 5.65. The summed E-state index contributed by atoms with van der Waals surface area (Å²) in [7, 11) is -0.271. The van der Waals surface area contributed by atoms with Gasteiger partial charge >= 0.3 is 5.97 Å². The molecule has 0 aliphatic rings. The van der Waals surface area contributed by atoms with Crippen LogP contribution < -0.4 is 0 Å². The molecule has 0 N–H and O–H groups in total. The van der Waals surface area contributed by atoms with Gasteiger partial charge in [-0.15, -0.1) is 0 Å². The van der Waals surface area contributed by atoms with E-state index < -0.39 is 8.32 Å². The number of ether oxygens (including phenoxy) is 1. The van der Waals surface area contributed by atoms with E-state index in [4.69, 9.17) is 9.16 Å². The standard InChI is InChI=1S/C23H28O3Si/c1-25-23(24)16-15-21(19-11-7-5-8-12-19)22(17-18-26-27(2,3)4)20-13-9-6-10-14-20/h5-18,21-22H,1-4H3/b16-15+,18-17-/t21-,22-/m0/s1. The van der Waals surface area contributed by atoms with Crippen molar-refractivity contribution in [3.63, 3.8) is 0 Å². The van der Waals surface area contributed by atoms with E-state index in [2.05, 4.69) is 50.0 Å². The molecule has 0 aliphatic carbocycles. The van der Waals surface area contributed by atoms with Crippen LogP contribution in [0.4, 0.5) is 0 Å². The maximum atomic E-state index is 11.7. The predicted molar refractivity (Wildman–Crippen MR) is 113 cm³/mol. The summed E-state index contributed by atoms with van der Waals surface area (Å²) in [5.41, 5.74) is 2.29. The van der Waals surface area contributed by atoms with Crippen LogP contribution in [0.1, 0.15) is 23.0 Å². The average molecular weight is 381 g/mol. The molecule has 142 valence electrons. The first kappa shape index (κ1) is 20.7. The molecule has 0 unspecified atom stereocenters. The Kier molecular flexibility index (Phi) is 7.62. The molecule has 0 fully saturated rings. The number of carbonyl (C=O) groups is 1. The van der Waals surface area contributed by atoms with Gasteiger partial charge in [0.05, 0.1) is 13.4 Å². The maximum Gasteiger partial charge on any atom is 0.330 e. The van der Waals surface area contributed by atoms with Gasteiger partial charge in [-0.25, -0.2) is 4.79 Å². The lowest BCUT2D eigenvalue weighted by Crippen LogP contribution is -2.22. The van der Waals surface area contributed by atoms with Crippen molar-refractivity contribution in [3.8, 4) is 0 Å². The van der Waals surface area contributed by atoms with Crippen molar-refractivity contribution in [3.05, 3.63) is 96.3 Å². The number of rotatable bonds is 8. The Morgan fingerprint density at radius 2 is 1.33 bits per heavy atom. The number of hydrogen-bond acceptors (Lipinski definition) is 3. The molecule has 2 atom stereocenters. The molecule has 0 radical (unpaired) electrons. The first-order chi connectivity index (χ1) is 12.9. The average Bonchev–Trinajstić information content (AvgIpc) is 2.67. The second-order valence-corrected chi connectivity index (χ2v) is 11.8. The van der Waals surface area contributed by atoms with Gasteiger partial charge in [0, 0.05) is 17.9 Å². The third-order valence-electron chi connectivity index (χ3n) is 4.10. The molecule has 2 aromatic carbocycles. The van der Waals surface area contributed by atoms with Crippen molar-refractivity contribution >= 4 is 14.3 Å². The van der Waals surface area contributed by atoms with Crippen molar-refractivity contribution in [1.82, 2.24) is 0 Å². The summed E-state index contributed by atoms with van der Waals surface area (Å²) in [6, 6.07) is 20.4. The van der Waals surface area contributed by atoms with Crippen molar-refractivity contribution in [2.45, 2.75) is 31.5 Å². The van der Waals surface area contributed by atoms with Gasteiger partial charge in [0.2, 0.25) is 8.32 Å². The fourth-order valence-corrected chi connectivity index (χ4v) is 3.29. The van der Waals surface area contributed by atoms with E-state index in [1.54, 1.807) is 0 Å². The Labute approximate surface area is 163 Å². The quantitative estimate of drug-likeness (QED) is 0.257. The molecule has 4 heteroatoms. The molecule has 0 aromatic heterocycles. The number of hydrogen-bond donors (Lipinski definition) is 0. The van der Waals surface area contributed by atoms with Gasteiger partial charge in [-0.2, -0.15) is 0 Å². The third-order valence-corrected chi connectivity index (χ3v) is 4.95. The number of esters is 1. The molecule has 3 nitrogen and oxygen atoms in total. The van der Waals surface area contributed by atoms with Crippen molar-refractivity contribution in [2.24, 2.45) is 0 Å². The van der Waals surface area contributed by atoms with Gasteiger partial charge in [0.15, 0.2) is 0 Å². The van der Waals surface area contributed by atoms with Gasteiger partial charge in [0.25, 0.3) is 0 Å². The second-order valence-electron chi connectivity index (χ2n) is 7.31. The Hall–Kier alpha value is -2.59. The first-order valence-electron chi connectivity index (χ1n) is 9.11. The molecule has 0 amide bonds. The lowest BCUT2D eigenvalue weighted by Gasteiger charge is -2.24. The SMILES string of the molecule is COC(=O)/C=C/[C@@H](c1ccccc1)[C@@H](/C=C\O[Si](C)(C)C)c1ccccc1. The Morgan fingerprint density at radius 1 is 0.852 bits per heavy atom. The molecule has 0 aliphatic heterocycles. The highest BCUT2D eigenvalue weighted by atomic mass is 28.4. The van der Waals surface area contributed by atoms with Crippen LogP contribution in [0.25, 0.3) is 0 Å². The van der Waals surface area contributed by atoms with E-state index in [-0.39, 0.29) is 17.8 Å². The lowest BCUT2D eigenvalue weighted by atomic mass is 9.81. The smallest absolute Gasteiger partial charge is 0.330 e. The van der Waals surface area contributed by atoms with Gasteiger partial charge in [-0.1, -0.05) is 66.7 Å².